The maximum Gasteiger partial charge on any atom is 0.270 e. The first-order valence-electron chi connectivity index (χ1n) is 7.84. The minimum atomic E-state index is -3.98. The average Bonchev–Trinajstić information content (AvgIpc) is 3.28. The summed E-state index contributed by atoms with van der Waals surface area (Å²) in [6.45, 7) is 0. The van der Waals surface area contributed by atoms with Crippen molar-refractivity contribution in [3.63, 3.8) is 0 Å². The predicted molar refractivity (Wildman–Crippen MR) is 99.6 cm³/mol. The van der Waals surface area contributed by atoms with Gasteiger partial charge in [0.2, 0.25) is 0 Å². The maximum absolute atomic E-state index is 13.3. The number of hydrogen-bond acceptors (Lipinski definition) is 6. The SMILES string of the molecule is CS(=O)(=O)c1cnc2c(c1)cc(-c1ccco1)n2S(=O)(=O)c1ccccc1. The van der Waals surface area contributed by atoms with Crippen molar-refractivity contribution in [3.05, 3.63) is 67.1 Å². The number of pyridine rings is 1. The third kappa shape index (κ3) is 2.94. The molecule has 0 bridgehead atoms. The van der Waals surface area contributed by atoms with Crippen LogP contribution in [0.5, 0.6) is 0 Å². The van der Waals surface area contributed by atoms with Crippen LogP contribution in [0.1, 0.15) is 0 Å². The van der Waals surface area contributed by atoms with Gasteiger partial charge in [-0.3, -0.25) is 0 Å². The Labute approximate surface area is 155 Å². The summed E-state index contributed by atoms with van der Waals surface area (Å²) in [4.78, 5) is 4.23. The summed E-state index contributed by atoms with van der Waals surface area (Å²) in [5, 5.41) is 0.379. The zero-order chi connectivity index (χ0) is 19.2. The number of fused-ring (bicyclic) bond motifs is 1. The summed E-state index contributed by atoms with van der Waals surface area (Å²) in [6.07, 6.45) is 3.66. The highest BCUT2D eigenvalue weighted by atomic mass is 32.2. The Bertz CT molecular complexity index is 1340. The quantitative estimate of drug-likeness (QED) is 0.520. The Hall–Kier alpha value is -2.91. The molecule has 9 heteroatoms. The van der Waals surface area contributed by atoms with Gasteiger partial charge in [0.1, 0.15) is 5.69 Å². The van der Waals surface area contributed by atoms with Crippen molar-refractivity contribution in [2.45, 2.75) is 9.79 Å². The Morgan fingerprint density at radius 2 is 1.67 bits per heavy atom. The van der Waals surface area contributed by atoms with E-state index in [0.29, 0.717) is 11.1 Å². The van der Waals surface area contributed by atoms with Crippen LogP contribution in [0.3, 0.4) is 0 Å². The monoisotopic (exact) mass is 402 g/mol. The molecule has 7 nitrogen and oxygen atoms in total. The average molecular weight is 402 g/mol. The molecule has 0 amide bonds. The van der Waals surface area contributed by atoms with E-state index in [1.54, 1.807) is 36.4 Å². The normalized spacial score (nSPS) is 12.5. The molecule has 0 N–H and O–H groups in total. The molecule has 0 aliphatic heterocycles. The fourth-order valence-corrected chi connectivity index (χ4v) is 4.87. The number of aromatic nitrogens is 2. The van der Waals surface area contributed by atoms with Gasteiger partial charge in [0.05, 0.1) is 16.1 Å². The van der Waals surface area contributed by atoms with Crippen molar-refractivity contribution in [3.8, 4) is 11.5 Å². The summed E-state index contributed by atoms with van der Waals surface area (Å²) in [5.74, 6) is 0.327. The van der Waals surface area contributed by atoms with Gasteiger partial charge in [0, 0.05) is 17.8 Å². The lowest BCUT2D eigenvalue weighted by atomic mass is 10.3. The van der Waals surface area contributed by atoms with E-state index in [4.69, 9.17) is 4.42 Å². The molecule has 4 rings (SSSR count). The number of rotatable bonds is 4. The molecule has 3 aromatic heterocycles. The van der Waals surface area contributed by atoms with Gasteiger partial charge in [-0.15, -0.1) is 0 Å². The molecule has 0 atom stereocenters. The van der Waals surface area contributed by atoms with Crippen LogP contribution in [-0.4, -0.2) is 32.0 Å². The summed E-state index contributed by atoms with van der Waals surface area (Å²) >= 11 is 0. The van der Waals surface area contributed by atoms with Gasteiger partial charge in [-0.25, -0.2) is 25.8 Å². The number of furan rings is 1. The van der Waals surface area contributed by atoms with Crippen LogP contribution >= 0.6 is 0 Å². The molecule has 0 spiro atoms. The van der Waals surface area contributed by atoms with Gasteiger partial charge in [-0.2, -0.15) is 0 Å². The van der Waals surface area contributed by atoms with Crippen molar-refractivity contribution < 1.29 is 21.3 Å². The second-order valence-electron chi connectivity index (χ2n) is 5.95. The molecule has 0 aliphatic rings. The van der Waals surface area contributed by atoms with Crippen LogP contribution in [0.15, 0.2) is 81.3 Å². The van der Waals surface area contributed by atoms with Crippen LogP contribution in [0.25, 0.3) is 22.5 Å². The molecule has 0 radical (unpaired) electrons. The fraction of sp³-hybridized carbons (Fsp3) is 0.0556. The molecule has 0 saturated carbocycles. The minimum Gasteiger partial charge on any atom is -0.463 e. The zero-order valence-corrected chi connectivity index (χ0v) is 15.7. The first-order valence-corrected chi connectivity index (χ1v) is 11.2. The summed E-state index contributed by atoms with van der Waals surface area (Å²) in [6, 6.07) is 14.2. The molecule has 138 valence electrons. The largest absolute Gasteiger partial charge is 0.463 e. The van der Waals surface area contributed by atoms with Crippen molar-refractivity contribution >= 4 is 30.9 Å². The summed E-state index contributed by atoms with van der Waals surface area (Å²) in [7, 11) is -7.47. The molecule has 0 aliphatic carbocycles. The van der Waals surface area contributed by atoms with E-state index in [-0.39, 0.29) is 21.1 Å². The second-order valence-corrected chi connectivity index (χ2v) is 9.75. The number of sulfone groups is 1. The topological polar surface area (TPSA) is 99.2 Å². The molecule has 27 heavy (non-hydrogen) atoms. The highest BCUT2D eigenvalue weighted by Crippen LogP contribution is 2.32. The molecular weight excluding hydrogens is 388 g/mol. The van der Waals surface area contributed by atoms with Gasteiger partial charge in [0.15, 0.2) is 21.2 Å². The van der Waals surface area contributed by atoms with Crippen molar-refractivity contribution in [2.24, 2.45) is 0 Å². The van der Waals surface area contributed by atoms with Crippen LogP contribution < -0.4 is 0 Å². The van der Waals surface area contributed by atoms with E-state index in [1.807, 2.05) is 0 Å². The van der Waals surface area contributed by atoms with E-state index in [9.17, 15) is 16.8 Å². The third-order valence-electron chi connectivity index (χ3n) is 4.06. The molecule has 4 aromatic rings. The van der Waals surface area contributed by atoms with Gasteiger partial charge >= 0.3 is 0 Å². The Kier molecular flexibility index (Phi) is 3.93. The summed E-state index contributed by atoms with van der Waals surface area (Å²) in [5.41, 5.74) is 0.384. The number of benzene rings is 1. The molecule has 1 aromatic carbocycles. The maximum atomic E-state index is 13.3. The smallest absolute Gasteiger partial charge is 0.270 e. The van der Waals surface area contributed by atoms with E-state index < -0.39 is 19.9 Å². The molecular formula is C18H14N2O5S2. The molecule has 0 unspecified atom stereocenters. The Balaban J connectivity index is 2.08. The third-order valence-corrected chi connectivity index (χ3v) is 6.85. The zero-order valence-electron chi connectivity index (χ0n) is 14.1. The van der Waals surface area contributed by atoms with Gasteiger partial charge in [-0.1, -0.05) is 18.2 Å². The highest BCUT2D eigenvalue weighted by Gasteiger charge is 2.26. The first-order chi connectivity index (χ1) is 12.8. The number of hydrogen-bond donors (Lipinski definition) is 0. The van der Waals surface area contributed by atoms with Gasteiger partial charge < -0.3 is 4.42 Å². The van der Waals surface area contributed by atoms with E-state index in [2.05, 4.69) is 4.98 Å². The van der Waals surface area contributed by atoms with Gasteiger partial charge in [0.25, 0.3) is 10.0 Å². The van der Waals surface area contributed by atoms with Crippen LogP contribution in [0.4, 0.5) is 0 Å². The fourth-order valence-electron chi connectivity index (χ4n) is 2.79. The Morgan fingerprint density at radius 1 is 0.926 bits per heavy atom. The summed E-state index contributed by atoms with van der Waals surface area (Å²) < 4.78 is 56.7. The molecule has 0 saturated heterocycles. The van der Waals surface area contributed by atoms with Gasteiger partial charge in [-0.05, 0) is 36.4 Å². The lowest BCUT2D eigenvalue weighted by Crippen LogP contribution is -2.14. The van der Waals surface area contributed by atoms with E-state index >= 15 is 0 Å². The Morgan fingerprint density at radius 3 is 2.30 bits per heavy atom. The van der Waals surface area contributed by atoms with Crippen LogP contribution in [-0.2, 0) is 19.9 Å². The van der Waals surface area contributed by atoms with Crippen LogP contribution in [0.2, 0.25) is 0 Å². The van der Waals surface area contributed by atoms with Crippen molar-refractivity contribution in [1.29, 1.82) is 0 Å². The number of nitrogens with zero attached hydrogens (tertiary/aromatic N) is 2. The molecule has 3 heterocycles. The van der Waals surface area contributed by atoms with E-state index in [1.165, 1.54) is 24.5 Å². The first kappa shape index (κ1) is 17.5. The standard InChI is InChI=1S/C18H14N2O5S2/c1-26(21,22)15-10-13-11-16(17-8-5-9-25-17)20(18(13)19-12-15)27(23,24)14-6-3-2-4-7-14/h2-12H,1H3. The second kappa shape index (κ2) is 6.07. The van der Waals surface area contributed by atoms with E-state index in [0.717, 1.165) is 16.4 Å². The van der Waals surface area contributed by atoms with Crippen molar-refractivity contribution in [1.82, 2.24) is 8.96 Å². The molecule has 0 fully saturated rings. The minimum absolute atomic E-state index is 0.00949. The lowest BCUT2D eigenvalue weighted by molar-refractivity contribution is 0.572. The van der Waals surface area contributed by atoms with Crippen molar-refractivity contribution in [2.75, 3.05) is 6.26 Å². The lowest BCUT2D eigenvalue weighted by Gasteiger charge is -2.10. The predicted octanol–water partition coefficient (Wildman–Crippen LogP) is 2.94. The van der Waals surface area contributed by atoms with Crippen LogP contribution in [0, 0.1) is 0 Å². The highest BCUT2D eigenvalue weighted by molar-refractivity contribution is 7.90.